The first-order valence-electron chi connectivity index (χ1n) is 11.7. The monoisotopic (exact) mass is 424 g/mol. The van der Waals surface area contributed by atoms with Gasteiger partial charge in [0.1, 0.15) is 5.75 Å². The van der Waals surface area contributed by atoms with Gasteiger partial charge in [-0.15, -0.1) is 0 Å². The van der Waals surface area contributed by atoms with Gasteiger partial charge in [-0.3, -0.25) is 4.90 Å². The molecule has 1 aliphatic carbocycles. The minimum Gasteiger partial charge on any atom is -0.497 e. The third-order valence-corrected chi connectivity index (χ3v) is 6.60. The molecule has 0 unspecified atom stereocenters. The molecule has 1 saturated heterocycles. The van der Waals surface area contributed by atoms with E-state index in [0.717, 1.165) is 44.6 Å². The molecule has 5 heteroatoms. The molecule has 0 amide bonds. The zero-order valence-electron chi connectivity index (χ0n) is 18.6. The molecule has 1 fully saturated rings. The summed E-state index contributed by atoms with van der Waals surface area (Å²) in [7, 11) is 1.70. The highest BCUT2D eigenvalue weighted by Crippen LogP contribution is 2.32. The van der Waals surface area contributed by atoms with Gasteiger partial charge >= 0.3 is 0 Å². The normalized spacial score (nSPS) is 20.9. The van der Waals surface area contributed by atoms with Crippen LogP contribution in [0.4, 0.5) is 0 Å². The zero-order chi connectivity index (χ0) is 21.5. The van der Waals surface area contributed by atoms with Crippen molar-refractivity contribution in [3.05, 3.63) is 65.2 Å². The Kier molecular flexibility index (Phi) is 7.97. The second kappa shape index (κ2) is 11.1. The molecule has 0 spiro atoms. The van der Waals surface area contributed by atoms with Crippen LogP contribution in [-0.4, -0.2) is 56.0 Å². The number of fused-ring (bicyclic) bond motifs is 1. The van der Waals surface area contributed by atoms with Crippen molar-refractivity contribution >= 4 is 0 Å². The summed E-state index contributed by atoms with van der Waals surface area (Å²) in [4.78, 5) is 2.54. The smallest absolute Gasteiger partial charge is 0.118 e. The van der Waals surface area contributed by atoms with E-state index in [-0.39, 0.29) is 6.10 Å². The predicted octanol–water partition coefficient (Wildman–Crippen LogP) is 3.88. The van der Waals surface area contributed by atoms with Crippen molar-refractivity contribution in [2.24, 2.45) is 0 Å². The number of ether oxygens (including phenoxy) is 2. The second-order valence-corrected chi connectivity index (χ2v) is 8.76. The third-order valence-electron chi connectivity index (χ3n) is 6.60. The number of nitrogens with zero attached hydrogens (tertiary/aromatic N) is 1. The van der Waals surface area contributed by atoms with Crippen molar-refractivity contribution in [3.8, 4) is 5.75 Å². The standard InChI is InChI=1S/C26H36N2O3/c1-30-23-13-11-21(12-14-23)25(28-15-4-5-16-28)18-27-17-22(29)19-31-26-10-6-8-20-7-2-3-9-24(20)26/h2-3,7,9,11-14,22,25-27,29H,4-6,8,10,15-19H2,1H3/t22-,25+,26+/m1/s1. The van der Waals surface area contributed by atoms with Crippen LogP contribution in [0, 0.1) is 0 Å². The molecule has 0 radical (unpaired) electrons. The molecule has 3 atom stereocenters. The van der Waals surface area contributed by atoms with E-state index < -0.39 is 6.10 Å². The Bertz CT molecular complexity index is 805. The fourth-order valence-corrected chi connectivity index (χ4v) is 4.89. The zero-order valence-corrected chi connectivity index (χ0v) is 18.6. The van der Waals surface area contributed by atoms with Crippen LogP contribution in [0.5, 0.6) is 5.75 Å². The SMILES string of the molecule is COc1ccc([C@H](CNC[C@@H](O)CO[C@H]2CCCc3ccccc32)N2CCCC2)cc1. The van der Waals surface area contributed by atoms with Gasteiger partial charge in [-0.2, -0.15) is 0 Å². The number of aliphatic hydroxyl groups excluding tert-OH is 1. The van der Waals surface area contributed by atoms with Crippen LogP contribution in [0.1, 0.15) is 54.5 Å². The average Bonchev–Trinajstić information content (AvgIpc) is 3.35. The largest absolute Gasteiger partial charge is 0.497 e. The summed E-state index contributed by atoms with van der Waals surface area (Å²) in [6.07, 6.45) is 5.42. The quantitative estimate of drug-likeness (QED) is 0.606. The van der Waals surface area contributed by atoms with Crippen molar-refractivity contribution in [1.29, 1.82) is 0 Å². The van der Waals surface area contributed by atoms with E-state index in [0.29, 0.717) is 19.2 Å². The summed E-state index contributed by atoms with van der Waals surface area (Å²) in [6, 6.07) is 17.2. The molecule has 31 heavy (non-hydrogen) atoms. The van der Waals surface area contributed by atoms with Crippen LogP contribution >= 0.6 is 0 Å². The van der Waals surface area contributed by atoms with Crippen molar-refractivity contribution in [2.45, 2.75) is 50.4 Å². The number of likely N-dealkylation sites (tertiary alicyclic amines) is 1. The lowest BCUT2D eigenvalue weighted by molar-refractivity contribution is -0.0170. The Balaban J connectivity index is 1.27. The fraction of sp³-hybridized carbons (Fsp3) is 0.538. The van der Waals surface area contributed by atoms with Gasteiger partial charge in [0.25, 0.3) is 0 Å². The molecular formula is C26H36N2O3. The maximum Gasteiger partial charge on any atom is 0.118 e. The third kappa shape index (κ3) is 5.86. The summed E-state index contributed by atoms with van der Waals surface area (Å²) in [6.45, 7) is 3.98. The second-order valence-electron chi connectivity index (χ2n) is 8.76. The first-order valence-corrected chi connectivity index (χ1v) is 11.7. The number of aryl methyl sites for hydroxylation is 1. The van der Waals surface area contributed by atoms with Crippen molar-refractivity contribution in [3.63, 3.8) is 0 Å². The molecule has 5 nitrogen and oxygen atoms in total. The molecule has 2 aliphatic rings. The molecule has 1 aliphatic heterocycles. The Morgan fingerprint density at radius 3 is 2.58 bits per heavy atom. The van der Waals surface area contributed by atoms with Gasteiger partial charge in [0.05, 0.1) is 25.9 Å². The summed E-state index contributed by atoms with van der Waals surface area (Å²) in [5.74, 6) is 0.883. The number of aliphatic hydroxyl groups is 1. The summed E-state index contributed by atoms with van der Waals surface area (Å²) in [5.41, 5.74) is 3.97. The van der Waals surface area contributed by atoms with Gasteiger partial charge in [-0.05, 0) is 74.0 Å². The van der Waals surface area contributed by atoms with E-state index in [4.69, 9.17) is 9.47 Å². The molecule has 2 aromatic carbocycles. The minimum absolute atomic E-state index is 0.108. The highest BCUT2D eigenvalue weighted by atomic mass is 16.5. The van der Waals surface area contributed by atoms with Crippen LogP contribution in [0.15, 0.2) is 48.5 Å². The molecule has 168 valence electrons. The lowest BCUT2D eigenvalue weighted by Crippen LogP contribution is -2.38. The van der Waals surface area contributed by atoms with E-state index in [1.165, 1.54) is 29.5 Å². The minimum atomic E-state index is -0.510. The molecule has 1 heterocycles. The topological polar surface area (TPSA) is 54.0 Å². The maximum atomic E-state index is 10.5. The number of methoxy groups -OCH3 is 1. The molecule has 2 N–H and O–H groups in total. The van der Waals surface area contributed by atoms with Gasteiger partial charge in [-0.1, -0.05) is 36.4 Å². The van der Waals surface area contributed by atoms with E-state index in [9.17, 15) is 5.11 Å². The predicted molar refractivity (Wildman–Crippen MR) is 123 cm³/mol. The van der Waals surface area contributed by atoms with Gasteiger partial charge in [-0.25, -0.2) is 0 Å². The highest BCUT2D eigenvalue weighted by Gasteiger charge is 2.24. The van der Waals surface area contributed by atoms with Gasteiger partial charge in [0, 0.05) is 19.1 Å². The number of rotatable bonds is 10. The Hall–Kier alpha value is -1.92. The number of benzene rings is 2. The van der Waals surface area contributed by atoms with E-state index >= 15 is 0 Å². The molecule has 4 rings (SSSR count). The van der Waals surface area contributed by atoms with Crippen LogP contribution in [0.2, 0.25) is 0 Å². The Labute approximate surface area is 186 Å². The van der Waals surface area contributed by atoms with E-state index in [1.807, 2.05) is 12.1 Å². The Morgan fingerprint density at radius 1 is 1.03 bits per heavy atom. The number of nitrogens with one attached hydrogen (secondary N) is 1. The lowest BCUT2D eigenvalue weighted by atomic mass is 9.89. The molecule has 2 aromatic rings. The van der Waals surface area contributed by atoms with Crippen LogP contribution in [0.3, 0.4) is 0 Å². The molecular weight excluding hydrogens is 388 g/mol. The summed E-state index contributed by atoms with van der Waals surface area (Å²) >= 11 is 0. The van der Waals surface area contributed by atoms with E-state index in [2.05, 4.69) is 46.6 Å². The molecule has 0 aromatic heterocycles. The van der Waals surface area contributed by atoms with E-state index in [1.54, 1.807) is 7.11 Å². The van der Waals surface area contributed by atoms with Gasteiger partial charge in [0.2, 0.25) is 0 Å². The van der Waals surface area contributed by atoms with Gasteiger partial charge in [0.15, 0.2) is 0 Å². The molecule has 0 saturated carbocycles. The number of hydrogen-bond donors (Lipinski definition) is 2. The van der Waals surface area contributed by atoms with Crippen LogP contribution < -0.4 is 10.1 Å². The lowest BCUT2D eigenvalue weighted by Gasteiger charge is -2.29. The fourth-order valence-electron chi connectivity index (χ4n) is 4.89. The van der Waals surface area contributed by atoms with Crippen molar-refractivity contribution in [2.75, 3.05) is 39.9 Å². The van der Waals surface area contributed by atoms with Crippen LogP contribution in [-0.2, 0) is 11.2 Å². The van der Waals surface area contributed by atoms with Crippen molar-refractivity contribution in [1.82, 2.24) is 10.2 Å². The number of hydrogen-bond acceptors (Lipinski definition) is 5. The van der Waals surface area contributed by atoms with Crippen LogP contribution in [0.25, 0.3) is 0 Å². The summed E-state index contributed by atoms with van der Waals surface area (Å²) < 4.78 is 11.4. The molecule has 0 bridgehead atoms. The highest BCUT2D eigenvalue weighted by molar-refractivity contribution is 5.31. The maximum absolute atomic E-state index is 10.5. The first-order chi connectivity index (χ1) is 15.2. The van der Waals surface area contributed by atoms with Gasteiger partial charge < -0.3 is 19.9 Å². The Morgan fingerprint density at radius 2 is 1.81 bits per heavy atom. The van der Waals surface area contributed by atoms with Crippen molar-refractivity contribution < 1.29 is 14.6 Å². The first kappa shape index (κ1) is 22.3. The average molecular weight is 425 g/mol. The summed E-state index contributed by atoms with van der Waals surface area (Å²) in [5, 5.41) is 14.0.